The Morgan fingerprint density at radius 1 is 1.28 bits per heavy atom. The molecular formula is C13H15NO4. The smallest absolute Gasteiger partial charge is 0.420 e. The van der Waals surface area contributed by atoms with Crippen LogP contribution in [0, 0.1) is 0 Å². The number of hydrogen-bond donors (Lipinski definition) is 0. The van der Waals surface area contributed by atoms with Gasteiger partial charge >= 0.3 is 6.09 Å². The molecule has 0 atom stereocenters. The highest BCUT2D eigenvalue weighted by Crippen LogP contribution is 2.31. The lowest BCUT2D eigenvalue weighted by atomic mass is 10.1. The second kappa shape index (κ2) is 5.08. The van der Waals surface area contributed by atoms with Gasteiger partial charge in [0.15, 0.2) is 0 Å². The van der Waals surface area contributed by atoms with E-state index in [1.165, 1.54) is 7.11 Å². The Hall–Kier alpha value is -2.04. The molecule has 0 saturated carbocycles. The van der Waals surface area contributed by atoms with Gasteiger partial charge in [-0.3, -0.25) is 4.79 Å². The molecule has 96 valence electrons. The molecule has 2 rings (SSSR count). The van der Waals surface area contributed by atoms with Gasteiger partial charge in [0.1, 0.15) is 5.75 Å². The van der Waals surface area contributed by atoms with Gasteiger partial charge in [0.05, 0.1) is 19.9 Å². The van der Waals surface area contributed by atoms with Crippen LogP contribution in [0.25, 0.3) is 0 Å². The highest BCUT2D eigenvalue weighted by molar-refractivity contribution is 6.13. The number of carbonyl (C=O) groups excluding carboxylic acids is 2. The van der Waals surface area contributed by atoms with E-state index in [-0.39, 0.29) is 5.91 Å². The van der Waals surface area contributed by atoms with E-state index in [1.54, 1.807) is 13.2 Å². The first-order chi connectivity index (χ1) is 8.67. The summed E-state index contributed by atoms with van der Waals surface area (Å²) in [6, 6.07) is 5.39. The predicted molar refractivity (Wildman–Crippen MR) is 65.8 cm³/mol. The lowest BCUT2D eigenvalue weighted by molar-refractivity contribution is -0.118. The molecule has 0 radical (unpaired) electrons. The number of anilines is 1. The van der Waals surface area contributed by atoms with Crippen molar-refractivity contribution in [3.05, 3.63) is 23.8 Å². The van der Waals surface area contributed by atoms with E-state index >= 15 is 0 Å². The summed E-state index contributed by atoms with van der Waals surface area (Å²) in [5.41, 5.74) is 1.51. The Labute approximate surface area is 105 Å². The lowest BCUT2D eigenvalue weighted by Gasteiger charge is -2.20. The third kappa shape index (κ3) is 2.16. The van der Waals surface area contributed by atoms with Gasteiger partial charge in [-0.1, -0.05) is 6.07 Å². The Morgan fingerprint density at radius 2 is 2.06 bits per heavy atom. The fourth-order valence-corrected chi connectivity index (χ4v) is 2.06. The number of fused-ring (bicyclic) bond motifs is 1. The number of hydrogen-bond acceptors (Lipinski definition) is 4. The number of ether oxygens (including phenoxy) is 2. The van der Waals surface area contributed by atoms with Crippen LogP contribution in [0.15, 0.2) is 18.2 Å². The topological polar surface area (TPSA) is 55.8 Å². The SMILES string of the molecule is COC(=O)N1C(=O)CCCc2ccc(OC)cc21. The van der Waals surface area contributed by atoms with Crippen molar-refractivity contribution in [3.63, 3.8) is 0 Å². The van der Waals surface area contributed by atoms with Gasteiger partial charge in [-0.15, -0.1) is 0 Å². The Balaban J connectivity index is 2.51. The normalized spacial score (nSPS) is 14.8. The van der Waals surface area contributed by atoms with Crippen molar-refractivity contribution in [2.75, 3.05) is 19.1 Å². The van der Waals surface area contributed by atoms with E-state index in [1.807, 2.05) is 12.1 Å². The average molecular weight is 249 g/mol. The molecule has 5 heteroatoms. The molecule has 0 saturated heterocycles. The number of amides is 2. The second-order valence-electron chi connectivity index (χ2n) is 4.05. The minimum Gasteiger partial charge on any atom is -0.497 e. The molecule has 0 unspecified atom stereocenters. The van der Waals surface area contributed by atoms with Crippen molar-refractivity contribution in [1.82, 2.24) is 0 Å². The van der Waals surface area contributed by atoms with Crippen LogP contribution in [0.4, 0.5) is 10.5 Å². The van der Waals surface area contributed by atoms with Gasteiger partial charge in [0, 0.05) is 12.5 Å². The molecule has 0 aromatic heterocycles. The van der Waals surface area contributed by atoms with Crippen molar-refractivity contribution >= 4 is 17.7 Å². The Morgan fingerprint density at radius 3 is 2.72 bits per heavy atom. The maximum absolute atomic E-state index is 12.0. The summed E-state index contributed by atoms with van der Waals surface area (Å²) < 4.78 is 9.80. The molecule has 1 aliphatic heterocycles. The Kier molecular flexibility index (Phi) is 3.50. The zero-order valence-corrected chi connectivity index (χ0v) is 10.4. The zero-order chi connectivity index (χ0) is 13.1. The largest absolute Gasteiger partial charge is 0.497 e. The number of nitrogens with zero attached hydrogens (tertiary/aromatic N) is 1. The summed E-state index contributed by atoms with van der Waals surface area (Å²) in [4.78, 5) is 24.8. The van der Waals surface area contributed by atoms with Crippen LogP contribution in [0.5, 0.6) is 5.75 Å². The van der Waals surface area contributed by atoms with Crippen molar-refractivity contribution in [2.24, 2.45) is 0 Å². The molecule has 1 aliphatic rings. The average Bonchev–Trinajstić information content (AvgIpc) is 2.55. The fourth-order valence-electron chi connectivity index (χ4n) is 2.06. The van der Waals surface area contributed by atoms with E-state index < -0.39 is 6.09 Å². The molecular weight excluding hydrogens is 234 g/mol. The summed E-state index contributed by atoms with van der Waals surface area (Å²) in [6.45, 7) is 0. The van der Waals surface area contributed by atoms with Gasteiger partial charge in [-0.05, 0) is 24.5 Å². The third-order valence-electron chi connectivity index (χ3n) is 2.98. The van der Waals surface area contributed by atoms with Crippen molar-refractivity contribution in [2.45, 2.75) is 19.3 Å². The van der Waals surface area contributed by atoms with E-state index in [4.69, 9.17) is 4.74 Å². The molecule has 0 N–H and O–H groups in total. The first-order valence-electron chi connectivity index (χ1n) is 5.75. The van der Waals surface area contributed by atoms with E-state index in [0.717, 1.165) is 23.3 Å². The number of rotatable bonds is 1. The molecule has 18 heavy (non-hydrogen) atoms. The fraction of sp³-hybridized carbons (Fsp3) is 0.385. The summed E-state index contributed by atoms with van der Waals surface area (Å²) in [6.07, 6.45) is 1.17. The van der Waals surface area contributed by atoms with Crippen LogP contribution < -0.4 is 9.64 Å². The van der Waals surface area contributed by atoms with Crippen LogP contribution >= 0.6 is 0 Å². The number of benzene rings is 1. The first kappa shape index (κ1) is 12.4. The summed E-state index contributed by atoms with van der Waals surface area (Å²) in [7, 11) is 2.81. The summed E-state index contributed by atoms with van der Waals surface area (Å²) >= 11 is 0. The van der Waals surface area contributed by atoms with Crippen LogP contribution in [0.2, 0.25) is 0 Å². The quantitative estimate of drug-likeness (QED) is 0.765. The molecule has 2 amide bonds. The predicted octanol–water partition coefficient (Wildman–Crippen LogP) is 2.13. The van der Waals surface area contributed by atoms with Gasteiger partial charge < -0.3 is 9.47 Å². The van der Waals surface area contributed by atoms with E-state index in [0.29, 0.717) is 17.9 Å². The molecule has 5 nitrogen and oxygen atoms in total. The highest BCUT2D eigenvalue weighted by atomic mass is 16.5. The minimum atomic E-state index is -0.656. The number of methoxy groups -OCH3 is 2. The van der Waals surface area contributed by atoms with E-state index in [9.17, 15) is 9.59 Å². The molecule has 1 heterocycles. The standard InChI is InChI=1S/C13H15NO4/c1-17-10-7-6-9-4-3-5-12(15)14(11(9)8-10)13(16)18-2/h6-8H,3-5H2,1-2H3. The molecule has 0 spiro atoms. The van der Waals surface area contributed by atoms with Gasteiger partial charge in [-0.2, -0.15) is 0 Å². The van der Waals surface area contributed by atoms with Gasteiger partial charge in [0.25, 0.3) is 0 Å². The maximum Gasteiger partial charge on any atom is 0.420 e. The second-order valence-corrected chi connectivity index (χ2v) is 4.05. The van der Waals surface area contributed by atoms with Crippen molar-refractivity contribution in [1.29, 1.82) is 0 Å². The highest BCUT2D eigenvalue weighted by Gasteiger charge is 2.28. The number of carbonyl (C=O) groups is 2. The number of imide groups is 1. The molecule has 0 bridgehead atoms. The van der Waals surface area contributed by atoms with Gasteiger partial charge in [-0.25, -0.2) is 9.69 Å². The minimum absolute atomic E-state index is 0.242. The molecule has 0 aliphatic carbocycles. The Bertz CT molecular complexity index is 484. The first-order valence-corrected chi connectivity index (χ1v) is 5.75. The van der Waals surface area contributed by atoms with Crippen LogP contribution in [0.1, 0.15) is 18.4 Å². The number of aryl methyl sites for hydroxylation is 1. The van der Waals surface area contributed by atoms with Crippen LogP contribution in [0.3, 0.4) is 0 Å². The zero-order valence-electron chi connectivity index (χ0n) is 10.4. The molecule has 0 fully saturated rings. The van der Waals surface area contributed by atoms with Crippen LogP contribution in [-0.2, 0) is 16.0 Å². The van der Waals surface area contributed by atoms with E-state index in [2.05, 4.69) is 4.74 Å². The summed E-state index contributed by atoms with van der Waals surface area (Å²) in [5.74, 6) is 0.367. The van der Waals surface area contributed by atoms with Crippen LogP contribution in [-0.4, -0.2) is 26.2 Å². The summed E-state index contributed by atoms with van der Waals surface area (Å²) in [5, 5.41) is 0. The molecule has 1 aromatic carbocycles. The lowest BCUT2D eigenvalue weighted by Crippen LogP contribution is -2.36. The van der Waals surface area contributed by atoms with Gasteiger partial charge in [0.2, 0.25) is 5.91 Å². The maximum atomic E-state index is 12.0. The van der Waals surface area contributed by atoms with Crippen molar-refractivity contribution < 1.29 is 19.1 Å². The monoisotopic (exact) mass is 249 g/mol. The molecule has 1 aromatic rings. The van der Waals surface area contributed by atoms with Crippen molar-refractivity contribution in [3.8, 4) is 5.75 Å². The third-order valence-corrected chi connectivity index (χ3v) is 2.98.